The van der Waals surface area contributed by atoms with Crippen molar-refractivity contribution in [2.75, 3.05) is 13.1 Å². The summed E-state index contributed by atoms with van der Waals surface area (Å²) in [5.41, 5.74) is 2.26. The number of amides is 1. The number of hydrogen-bond acceptors (Lipinski definition) is 5. The van der Waals surface area contributed by atoms with Crippen molar-refractivity contribution in [1.82, 2.24) is 29.9 Å². The van der Waals surface area contributed by atoms with E-state index in [4.69, 9.17) is 4.98 Å². The molecule has 0 saturated carbocycles. The quantitative estimate of drug-likeness (QED) is 0.719. The number of benzene rings is 1. The van der Waals surface area contributed by atoms with Crippen LogP contribution >= 0.6 is 0 Å². The smallest absolute Gasteiger partial charge is 0.281 e. The molecule has 0 bridgehead atoms. The van der Waals surface area contributed by atoms with Crippen molar-refractivity contribution in [3.63, 3.8) is 0 Å². The van der Waals surface area contributed by atoms with Crippen LogP contribution in [0.25, 0.3) is 11.2 Å². The number of piperidine rings is 1. The Kier molecular flexibility index (Phi) is 5.17. The maximum Gasteiger partial charge on any atom is 0.281 e. The molecular formula is C22H28N6O2. The number of aryl methyl sites for hydroxylation is 1. The van der Waals surface area contributed by atoms with E-state index in [1.807, 2.05) is 56.9 Å². The molecule has 4 rings (SSSR count). The van der Waals surface area contributed by atoms with Gasteiger partial charge in [0.15, 0.2) is 11.2 Å². The Labute approximate surface area is 175 Å². The van der Waals surface area contributed by atoms with Gasteiger partial charge in [-0.05, 0) is 25.3 Å². The van der Waals surface area contributed by atoms with Gasteiger partial charge in [-0.25, -0.2) is 9.67 Å². The van der Waals surface area contributed by atoms with Gasteiger partial charge in [-0.1, -0.05) is 55.8 Å². The fraction of sp³-hybridized carbons (Fsp3) is 0.500. The van der Waals surface area contributed by atoms with Crippen molar-refractivity contribution in [3.05, 3.63) is 51.6 Å². The molecule has 2 aromatic heterocycles. The van der Waals surface area contributed by atoms with E-state index in [1.165, 1.54) is 5.56 Å². The monoisotopic (exact) mass is 408 g/mol. The van der Waals surface area contributed by atoms with Crippen LogP contribution in [0, 0.1) is 12.3 Å². The maximum absolute atomic E-state index is 12.7. The molecule has 8 heteroatoms. The first kappa shape index (κ1) is 20.3. The maximum atomic E-state index is 12.7. The molecule has 3 heterocycles. The van der Waals surface area contributed by atoms with Crippen molar-refractivity contribution in [3.8, 4) is 0 Å². The lowest BCUT2D eigenvalue weighted by molar-refractivity contribution is -0.140. The second-order valence-electron chi connectivity index (χ2n) is 9.20. The summed E-state index contributed by atoms with van der Waals surface area (Å²) in [4.78, 5) is 34.9. The van der Waals surface area contributed by atoms with E-state index in [2.05, 4.69) is 15.3 Å². The number of aromatic nitrogens is 5. The number of carbonyl (C=O) groups excluding carboxylic acids is 1. The molecule has 1 aliphatic heterocycles. The summed E-state index contributed by atoms with van der Waals surface area (Å²) in [6.07, 6.45) is 1.76. The Bertz CT molecular complexity index is 1120. The Balaban J connectivity index is 1.64. The van der Waals surface area contributed by atoms with Gasteiger partial charge in [-0.15, -0.1) is 5.10 Å². The largest absolute Gasteiger partial charge is 0.342 e. The highest BCUT2D eigenvalue weighted by Crippen LogP contribution is 2.28. The molecule has 0 spiro atoms. The molecule has 8 nitrogen and oxygen atoms in total. The van der Waals surface area contributed by atoms with Crippen LogP contribution < -0.4 is 5.56 Å². The first-order chi connectivity index (χ1) is 14.2. The number of aromatic amines is 1. The molecule has 1 amide bonds. The van der Waals surface area contributed by atoms with Crippen LogP contribution in [0.3, 0.4) is 0 Å². The number of carbonyl (C=O) groups is 1. The molecule has 0 radical (unpaired) electrons. The van der Waals surface area contributed by atoms with E-state index < -0.39 is 5.41 Å². The summed E-state index contributed by atoms with van der Waals surface area (Å²) in [6, 6.07) is 8.16. The number of fused-ring (bicyclic) bond motifs is 1. The lowest BCUT2D eigenvalue weighted by Gasteiger charge is -2.36. The minimum atomic E-state index is -0.427. The van der Waals surface area contributed by atoms with E-state index >= 15 is 0 Å². The average molecular weight is 409 g/mol. The molecule has 1 unspecified atom stereocenters. The minimum absolute atomic E-state index is 0.00938. The third-order valence-corrected chi connectivity index (χ3v) is 5.58. The van der Waals surface area contributed by atoms with Crippen LogP contribution in [0.4, 0.5) is 0 Å². The molecule has 1 aliphatic rings. The predicted octanol–water partition coefficient (Wildman–Crippen LogP) is 2.62. The zero-order chi connectivity index (χ0) is 21.5. The second kappa shape index (κ2) is 7.66. The van der Waals surface area contributed by atoms with Gasteiger partial charge in [0, 0.05) is 24.4 Å². The highest BCUT2D eigenvalue weighted by Gasteiger charge is 2.32. The summed E-state index contributed by atoms with van der Waals surface area (Å²) in [7, 11) is 0. The van der Waals surface area contributed by atoms with Crippen LogP contribution in [0.15, 0.2) is 29.1 Å². The Morgan fingerprint density at radius 2 is 1.97 bits per heavy atom. The standard InChI is InChI=1S/C22H28N6O2/c1-14-7-9-15(10-8-14)12-28-19-17(25-26-28)20(29)24-18(23-19)16-6-5-11-27(13-16)21(30)22(2,3)4/h7-10,16H,5-6,11-13H2,1-4H3,(H,23,24,29). The van der Waals surface area contributed by atoms with Crippen LogP contribution in [0.1, 0.15) is 56.5 Å². The van der Waals surface area contributed by atoms with Gasteiger partial charge >= 0.3 is 0 Å². The van der Waals surface area contributed by atoms with E-state index in [-0.39, 0.29) is 22.9 Å². The lowest BCUT2D eigenvalue weighted by Crippen LogP contribution is -2.45. The predicted molar refractivity (Wildman–Crippen MR) is 114 cm³/mol. The normalized spacial score (nSPS) is 17.5. The van der Waals surface area contributed by atoms with E-state index in [0.29, 0.717) is 24.6 Å². The number of rotatable bonds is 3. The van der Waals surface area contributed by atoms with Crippen LogP contribution in [0.5, 0.6) is 0 Å². The molecule has 1 saturated heterocycles. The molecule has 158 valence electrons. The highest BCUT2D eigenvalue weighted by atomic mass is 16.2. The van der Waals surface area contributed by atoms with Crippen LogP contribution in [-0.4, -0.2) is 48.9 Å². The first-order valence-corrected chi connectivity index (χ1v) is 10.4. The molecular weight excluding hydrogens is 380 g/mol. The van der Waals surface area contributed by atoms with Gasteiger partial charge in [-0.3, -0.25) is 9.59 Å². The van der Waals surface area contributed by atoms with Gasteiger partial charge in [0.05, 0.1) is 6.54 Å². The van der Waals surface area contributed by atoms with E-state index in [1.54, 1.807) is 4.68 Å². The van der Waals surface area contributed by atoms with Crippen molar-refractivity contribution < 1.29 is 4.79 Å². The van der Waals surface area contributed by atoms with Crippen molar-refractivity contribution >= 4 is 17.1 Å². The third kappa shape index (κ3) is 3.99. The molecule has 1 aromatic carbocycles. The van der Waals surface area contributed by atoms with Crippen molar-refractivity contribution in [1.29, 1.82) is 0 Å². The number of hydrogen-bond donors (Lipinski definition) is 1. The fourth-order valence-electron chi connectivity index (χ4n) is 3.91. The summed E-state index contributed by atoms with van der Waals surface area (Å²) in [6.45, 7) is 9.63. The summed E-state index contributed by atoms with van der Waals surface area (Å²) < 4.78 is 1.67. The van der Waals surface area contributed by atoms with E-state index in [0.717, 1.165) is 24.9 Å². The Hall–Kier alpha value is -3.03. The van der Waals surface area contributed by atoms with Crippen molar-refractivity contribution in [2.45, 2.75) is 53.0 Å². The molecule has 3 aromatic rings. The summed E-state index contributed by atoms with van der Waals surface area (Å²) in [5, 5.41) is 8.19. The zero-order valence-corrected chi connectivity index (χ0v) is 18.0. The van der Waals surface area contributed by atoms with Gasteiger partial charge in [-0.2, -0.15) is 0 Å². The summed E-state index contributed by atoms with van der Waals surface area (Å²) >= 11 is 0. The molecule has 30 heavy (non-hydrogen) atoms. The topological polar surface area (TPSA) is 96.8 Å². The third-order valence-electron chi connectivity index (χ3n) is 5.58. The molecule has 0 aliphatic carbocycles. The number of nitrogens with one attached hydrogen (secondary N) is 1. The van der Waals surface area contributed by atoms with Gasteiger partial charge in [0.25, 0.3) is 5.56 Å². The SMILES string of the molecule is Cc1ccc(Cn2nnc3c(=O)[nH]c(C4CCCN(C(=O)C(C)(C)C)C4)nc32)cc1. The van der Waals surface area contributed by atoms with Crippen LogP contribution in [-0.2, 0) is 11.3 Å². The second-order valence-corrected chi connectivity index (χ2v) is 9.20. The van der Waals surface area contributed by atoms with Gasteiger partial charge in [0.2, 0.25) is 5.91 Å². The number of likely N-dealkylation sites (tertiary alicyclic amines) is 1. The Morgan fingerprint density at radius 1 is 1.23 bits per heavy atom. The average Bonchev–Trinajstić information content (AvgIpc) is 3.12. The Morgan fingerprint density at radius 3 is 2.67 bits per heavy atom. The minimum Gasteiger partial charge on any atom is -0.342 e. The molecule has 1 fully saturated rings. The zero-order valence-electron chi connectivity index (χ0n) is 18.0. The first-order valence-electron chi connectivity index (χ1n) is 10.4. The van der Waals surface area contributed by atoms with Crippen LogP contribution in [0.2, 0.25) is 0 Å². The summed E-state index contributed by atoms with van der Waals surface area (Å²) in [5.74, 6) is 0.720. The molecule has 1 atom stereocenters. The number of nitrogens with zero attached hydrogens (tertiary/aromatic N) is 5. The van der Waals surface area contributed by atoms with E-state index in [9.17, 15) is 9.59 Å². The number of H-pyrrole nitrogens is 1. The fourth-order valence-corrected chi connectivity index (χ4v) is 3.91. The van der Waals surface area contributed by atoms with Gasteiger partial charge in [0.1, 0.15) is 5.82 Å². The lowest BCUT2D eigenvalue weighted by atomic mass is 9.91. The molecule has 1 N–H and O–H groups in total. The van der Waals surface area contributed by atoms with Crippen molar-refractivity contribution in [2.24, 2.45) is 5.41 Å². The van der Waals surface area contributed by atoms with Gasteiger partial charge < -0.3 is 9.88 Å². The highest BCUT2D eigenvalue weighted by molar-refractivity contribution is 5.81.